The average molecular weight is 473 g/mol. The Morgan fingerprint density at radius 3 is 2.58 bits per heavy atom. The number of pyridine rings is 1. The van der Waals surface area contributed by atoms with E-state index < -0.39 is 0 Å². The van der Waals surface area contributed by atoms with E-state index in [0.29, 0.717) is 28.3 Å². The number of anilines is 1. The molecule has 1 amide bonds. The van der Waals surface area contributed by atoms with E-state index in [0.717, 1.165) is 21.3 Å². The molecule has 0 spiro atoms. The Hall–Kier alpha value is -3.56. The molecule has 0 aliphatic carbocycles. The van der Waals surface area contributed by atoms with Crippen molar-refractivity contribution in [2.45, 2.75) is 23.6 Å². The summed E-state index contributed by atoms with van der Waals surface area (Å²) in [5.74, 6) is 0.538. The predicted molar refractivity (Wildman–Crippen MR) is 133 cm³/mol. The van der Waals surface area contributed by atoms with Crippen molar-refractivity contribution in [3.63, 3.8) is 0 Å². The van der Waals surface area contributed by atoms with Crippen molar-refractivity contribution in [1.82, 2.24) is 25.0 Å². The Labute approximate surface area is 198 Å². The number of aryl methyl sites for hydroxylation is 1. The maximum atomic E-state index is 13.3. The summed E-state index contributed by atoms with van der Waals surface area (Å²) in [5.41, 5.74) is 4.06. The van der Waals surface area contributed by atoms with E-state index in [1.54, 1.807) is 28.7 Å². The van der Waals surface area contributed by atoms with Crippen LogP contribution in [-0.2, 0) is 12.3 Å². The van der Waals surface area contributed by atoms with Crippen molar-refractivity contribution in [3.8, 4) is 11.3 Å². The maximum Gasteiger partial charge on any atom is 0.258 e. The lowest BCUT2D eigenvalue weighted by molar-refractivity contribution is 0.102. The molecule has 0 aliphatic heterocycles. The fourth-order valence-electron chi connectivity index (χ4n) is 3.43. The molecule has 3 heterocycles. The smallest absolute Gasteiger partial charge is 0.258 e. The van der Waals surface area contributed by atoms with Crippen LogP contribution >= 0.6 is 23.1 Å². The molecule has 0 bridgehead atoms. The molecule has 164 valence electrons. The van der Waals surface area contributed by atoms with Crippen molar-refractivity contribution in [1.29, 1.82) is 0 Å². The van der Waals surface area contributed by atoms with Crippen molar-refractivity contribution < 1.29 is 4.79 Å². The highest BCUT2D eigenvalue weighted by molar-refractivity contribution is 8.00. The Morgan fingerprint density at radius 2 is 1.82 bits per heavy atom. The topological polar surface area (TPSA) is 85.6 Å². The second kappa shape index (κ2) is 9.51. The number of nitrogens with zero attached hydrogens (tertiary/aromatic N) is 5. The zero-order chi connectivity index (χ0) is 22.6. The van der Waals surface area contributed by atoms with Gasteiger partial charge in [0.25, 0.3) is 5.91 Å². The van der Waals surface area contributed by atoms with Crippen LogP contribution in [0.5, 0.6) is 0 Å². The molecule has 33 heavy (non-hydrogen) atoms. The maximum absolute atomic E-state index is 13.3. The zero-order valence-electron chi connectivity index (χ0n) is 17.8. The number of benzene rings is 2. The zero-order valence-corrected chi connectivity index (χ0v) is 19.4. The largest absolute Gasteiger partial charge is 0.296 e. The van der Waals surface area contributed by atoms with Crippen LogP contribution in [0.2, 0.25) is 0 Å². The highest BCUT2D eigenvalue weighted by Crippen LogP contribution is 2.30. The molecule has 0 atom stereocenters. The number of carbonyl (C=O) groups is 1. The third kappa shape index (κ3) is 4.64. The van der Waals surface area contributed by atoms with Gasteiger partial charge in [-0.15, -0.1) is 10.2 Å². The summed E-state index contributed by atoms with van der Waals surface area (Å²) in [6.45, 7) is 2.66. The molecule has 0 radical (unpaired) electrons. The van der Waals surface area contributed by atoms with E-state index in [1.807, 2.05) is 55.5 Å². The number of carbonyl (C=O) groups excluding carboxylic acids is 1. The van der Waals surface area contributed by atoms with Crippen LogP contribution in [0.4, 0.5) is 5.13 Å². The van der Waals surface area contributed by atoms with E-state index in [1.165, 1.54) is 16.9 Å². The van der Waals surface area contributed by atoms with Crippen LogP contribution in [0.3, 0.4) is 0 Å². The molecule has 0 unspecified atom stereocenters. The third-order valence-electron chi connectivity index (χ3n) is 5.05. The third-order valence-corrected chi connectivity index (χ3v) is 7.10. The summed E-state index contributed by atoms with van der Waals surface area (Å²) in [5, 5.41) is 16.8. The van der Waals surface area contributed by atoms with Crippen LogP contribution in [0.1, 0.15) is 22.8 Å². The van der Waals surface area contributed by atoms with Gasteiger partial charge in [-0.05, 0) is 18.6 Å². The summed E-state index contributed by atoms with van der Waals surface area (Å²) in [4.78, 5) is 18.0. The lowest BCUT2D eigenvalue weighted by Crippen LogP contribution is -2.13. The van der Waals surface area contributed by atoms with Gasteiger partial charge in [0.05, 0.1) is 22.8 Å². The first-order valence-corrected chi connectivity index (χ1v) is 12.2. The highest BCUT2D eigenvalue weighted by Gasteiger charge is 2.19. The first-order chi connectivity index (χ1) is 16.2. The summed E-state index contributed by atoms with van der Waals surface area (Å²) < 4.78 is 2.60. The Kier molecular flexibility index (Phi) is 6.14. The Morgan fingerprint density at radius 1 is 1.06 bits per heavy atom. The average Bonchev–Trinajstić information content (AvgIpc) is 3.49. The van der Waals surface area contributed by atoms with Crippen LogP contribution in [0.15, 0.2) is 77.3 Å². The number of thioether (sulfide) groups is 1. The fraction of sp³-hybridized carbons (Fsp3) is 0.125. The molecule has 2 aromatic carbocycles. The quantitative estimate of drug-likeness (QED) is 0.248. The van der Waals surface area contributed by atoms with Crippen molar-refractivity contribution in [3.05, 3.63) is 84.1 Å². The molecule has 3 aromatic heterocycles. The number of hydrogen-bond donors (Lipinski definition) is 1. The van der Waals surface area contributed by atoms with Crippen molar-refractivity contribution >= 4 is 45.2 Å². The van der Waals surface area contributed by atoms with E-state index in [9.17, 15) is 4.79 Å². The molecule has 0 saturated heterocycles. The second-order valence-electron chi connectivity index (χ2n) is 7.22. The molecule has 0 fully saturated rings. The summed E-state index contributed by atoms with van der Waals surface area (Å²) in [7, 11) is 0. The summed E-state index contributed by atoms with van der Waals surface area (Å²) in [6.07, 6.45) is 1.69. The first-order valence-electron chi connectivity index (χ1n) is 10.4. The van der Waals surface area contributed by atoms with Gasteiger partial charge >= 0.3 is 0 Å². The normalized spacial score (nSPS) is 11.1. The SMILES string of the molecule is CCn1ncc2c(C(=O)Nc3nnc(SCc4ccccc4)s3)cc(-c3ccccc3)nc21. The standard InChI is InChI=1S/C24H20N6OS2/c1-2-30-21-19(14-25-30)18(13-20(26-21)17-11-7-4-8-12-17)22(31)27-23-28-29-24(33-23)32-15-16-9-5-3-6-10-16/h3-14H,2,15H2,1H3,(H,27,28,31). The molecular weight excluding hydrogens is 452 g/mol. The second-order valence-corrected chi connectivity index (χ2v) is 9.42. The van der Waals surface area contributed by atoms with Gasteiger partial charge < -0.3 is 0 Å². The minimum absolute atomic E-state index is 0.258. The van der Waals surface area contributed by atoms with Gasteiger partial charge in [0.2, 0.25) is 5.13 Å². The molecule has 9 heteroatoms. The lowest BCUT2D eigenvalue weighted by atomic mass is 10.1. The monoisotopic (exact) mass is 472 g/mol. The van der Waals surface area contributed by atoms with Crippen LogP contribution < -0.4 is 5.32 Å². The van der Waals surface area contributed by atoms with Crippen molar-refractivity contribution in [2.24, 2.45) is 0 Å². The summed E-state index contributed by atoms with van der Waals surface area (Å²) in [6, 6.07) is 21.8. The van der Waals surface area contributed by atoms with Crippen LogP contribution in [-0.4, -0.2) is 30.9 Å². The van der Waals surface area contributed by atoms with E-state index in [4.69, 9.17) is 4.98 Å². The van der Waals surface area contributed by atoms with E-state index in [-0.39, 0.29) is 5.91 Å². The number of amides is 1. The lowest BCUT2D eigenvalue weighted by Gasteiger charge is -2.08. The fourth-order valence-corrected chi connectivity index (χ4v) is 5.13. The van der Waals surface area contributed by atoms with Gasteiger partial charge in [0.1, 0.15) is 0 Å². The minimum Gasteiger partial charge on any atom is -0.296 e. The number of hydrogen-bond acceptors (Lipinski definition) is 7. The number of fused-ring (bicyclic) bond motifs is 1. The molecule has 5 rings (SSSR count). The van der Waals surface area contributed by atoms with Crippen LogP contribution in [0, 0.1) is 0 Å². The minimum atomic E-state index is -0.258. The van der Waals surface area contributed by atoms with Gasteiger partial charge in [-0.3, -0.25) is 10.1 Å². The molecule has 7 nitrogen and oxygen atoms in total. The number of rotatable bonds is 7. The summed E-state index contributed by atoms with van der Waals surface area (Å²) >= 11 is 2.96. The number of nitrogens with one attached hydrogen (secondary N) is 1. The van der Waals surface area contributed by atoms with Crippen molar-refractivity contribution in [2.75, 3.05) is 5.32 Å². The number of aromatic nitrogens is 5. The highest BCUT2D eigenvalue weighted by atomic mass is 32.2. The molecule has 5 aromatic rings. The predicted octanol–water partition coefficient (Wildman–Crippen LogP) is 5.51. The van der Waals surface area contributed by atoms with Gasteiger partial charge in [-0.1, -0.05) is 83.8 Å². The molecule has 0 aliphatic rings. The van der Waals surface area contributed by atoms with E-state index >= 15 is 0 Å². The van der Waals surface area contributed by atoms with Gasteiger partial charge in [-0.25, -0.2) is 9.67 Å². The van der Waals surface area contributed by atoms with Gasteiger partial charge in [0.15, 0.2) is 9.99 Å². The first kappa shape index (κ1) is 21.3. The Balaban J connectivity index is 1.40. The van der Waals surface area contributed by atoms with Gasteiger partial charge in [-0.2, -0.15) is 5.10 Å². The van der Waals surface area contributed by atoms with Crippen LogP contribution in [0.25, 0.3) is 22.3 Å². The molecule has 1 N–H and O–H groups in total. The molecular formula is C24H20N6OS2. The Bertz CT molecular complexity index is 1400. The molecule has 0 saturated carbocycles. The van der Waals surface area contributed by atoms with Gasteiger partial charge in [0, 0.05) is 17.9 Å². The van der Waals surface area contributed by atoms with E-state index in [2.05, 4.69) is 32.7 Å².